The number of nitrogens with zero attached hydrogens (tertiary/aromatic N) is 1. The van der Waals surface area contributed by atoms with Gasteiger partial charge in [-0.2, -0.15) is 0 Å². The third kappa shape index (κ3) is 4.52. The number of nitrogens with two attached hydrogens (primary N) is 1. The number of ether oxygens (including phenoxy) is 1. The number of hydrogen-bond donors (Lipinski definition) is 2. The van der Waals surface area contributed by atoms with Crippen LogP contribution < -0.4 is 15.8 Å². The van der Waals surface area contributed by atoms with Crippen LogP contribution in [0.25, 0.3) is 0 Å². The molecule has 0 bridgehead atoms. The molecule has 3 N–H and O–H groups in total. The topological polar surface area (TPSA) is 67.6 Å². The first-order valence-electron chi connectivity index (χ1n) is 8.10. The van der Waals surface area contributed by atoms with Gasteiger partial charge in [0.2, 0.25) is 0 Å². The third-order valence-corrected chi connectivity index (χ3v) is 4.66. The van der Waals surface area contributed by atoms with Crippen LogP contribution in [0.2, 0.25) is 5.02 Å². The molecule has 1 aromatic carbocycles. The fourth-order valence-corrected chi connectivity index (χ4v) is 3.10. The summed E-state index contributed by atoms with van der Waals surface area (Å²) in [6, 6.07) is 3.77. The second-order valence-corrected chi connectivity index (χ2v) is 6.74. The van der Waals surface area contributed by atoms with Gasteiger partial charge >= 0.3 is 0 Å². The molecule has 5 nitrogen and oxygen atoms in total. The first kappa shape index (κ1) is 17.9. The molecule has 0 saturated carbocycles. The van der Waals surface area contributed by atoms with Gasteiger partial charge in [-0.3, -0.25) is 9.69 Å². The van der Waals surface area contributed by atoms with Gasteiger partial charge in [0.15, 0.2) is 0 Å². The van der Waals surface area contributed by atoms with Crippen molar-refractivity contribution in [1.29, 1.82) is 0 Å². The largest absolute Gasteiger partial charge is 0.496 e. The highest BCUT2D eigenvalue weighted by Crippen LogP contribution is 2.29. The summed E-state index contributed by atoms with van der Waals surface area (Å²) in [6.07, 6.45) is 3.27. The number of nitrogen functional groups attached to an aromatic ring is 1. The SMILES string of the molecule is COc1cc(N)c(Cl)cc1C(=O)NC1CCCCN(C(C)C)C1. The number of halogens is 1. The molecule has 1 saturated heterocycles. The average molecular weight is 340 g/mol. The minimum Gasteiger partial charge on any atom is -0.496 e. The van der Waals surface area contributed by atoms with Crippen molar-refractivity contribution in [2.24, 2.45) is 0 Å². The first-order valence-corrected chi connectivity index (χ1v) is 8.48. The van der Waals surface area contributed by atoms with E-state index >= 15 is 0 Å². The Labute approximate surface area is 143 Å². The van der Waals surface area contributed by atoms with E-state index in [4.69, 9.17) is 22.1 Å². The summed E-state index contributed by atoms with van der Waals surface area (Å²) in [5, 5.41) is 3.48. The Kier molecular flexibility index (Phi) is 6.13. The second kappa shape index (κ2) is 7.88. The van der Waals surface area contributed by atoms with Gasteiger partial charge in [0.1, 0.15) is 5.75 Å². The van der Waals surface area contributed by atoms with Gasteiger partial charge in [0, 0.05) is 24.7 Å². The molecule has 0 aromatic heterocycles. The normalized spacial score (nSPS) is 19.4. The summed E-state index contributed by atoms with van der Waals surface area (Å²) in [7, 11) is 1.52. The van der Waals surface area contributed by atoms with Crippen LogP contribution in [0.1, 0.15) is 43.5 Å². The Bertz CT molecular complexity index is 563. The molecule has 128 valence electrons. The highest BCUT2D eigenvalue weighted by molar-refractivity contribution is 6.33. The summed E-state index contributed by atoms with van der Waals surface area (Å²) in [4.78, 5) is 15.0. The Morgan fingerprint density at radius 1 is 1.43 bits per heavy atom. The molecule has 1 heterocycles. The quantitative estimate of drug-likeness (QED) is 0.828. The molecule has 1 unspecified atom stereocenters. The van der Waals surface area contributed by atoms with Gasteiger partial charge in [-0.05, 0) is 39.3 Å². The van der Waals surface area contributed by atoms with Crippen LogP contribution in [0.15, 0.2) is 12.1 Å². The minimum atomic E-state index is -0.167. The first-order chi connectivity index (χ1) is 10.9. The van der Waals surface area contributed by atoms with Crippen molar-refractivity contribution in [2.45, 2.75) is 45.2 Å². The number of hydrogen-bond acceptors (Lipinski definition) is 4. The van der Waals surface area contributed by atoms with Crippen LogP contribution in [0.3, 0.4) is 0 Å². The van der Waals surface area contributed by atoms with E-state index in [9.17, 15) is 4.79 Å². The average Bonchev–Trinajstić information content (AvgIpc) is 2.75. The fourth-order valence-electron chi connectivity index (χ4n) is 2.94. The molecular weight excluding hydrogens is 314 g/mol. The van der Waals surface area contributed by atoms with Crippen molar-refractivity contribution in [1.82, 2.24) is 10.2 Å². The molecular formula is C17H26ClN3O2. The van der Waals surface area contributed by atoms with E-state index in [0.717, 1.165) is 25.9 Å². The summed E-state index contributed by atoms with van der Waals surface area (Å²) in [5.74, 6) is 0.276. The number of carbonyl (C=O) groups is 1. The Hall–Kier alpha value is -1.46. The van der Waals surface area contributed by atoms with Crippen molar-refractivity contribution in [3.63, 3.8) is 0 Å². The Morgan fingerprint density at radius 3 is 2.83 bits per heavy atom. The van der Waals surface area contributed by atoms with Crippen molar-refractivity contribution >= 4 is 23.2 Å². The zero-order valence-electron chi connectivity index (χ0n) is 14.1. The van der Waals surface area contributed by atoms with Gasteiger partial charge in [-0.1, -0.05) is 18.0 Å². The van der Waals surface area contributed by atoms with Gasteiger partial charge in [-0.25, -0.2) is 0 Å². The maximum absolute atomic E-state index is 12.6. The fraction of sp³-hybridized carbons (Fsp3) is 0.588. The standard InChI is InChI=1S/C17H26ClN3O2/c1-11(2)21-7-5-4-6-12(10-21)20-17(22)13-8-14(18)15(19)9-16(13)23-3/h8-9,11-12H,4-7,10,19H2,1-3H3,(H,20,22). The maximum Gasteiger partial charge on any atom is 0.255 e. The molecule has 1 aliphatic rings. The number of nitrogens with one attached hydrogen (secondary N) is 1. The summed E-state index contributed by atoms with van der Waals surface area (Å²) in [6.45, 7) is 6.33. The molecule has 6 heteroatoms. The van der Waals surface area contributed by atoms with E-state index in [1.807, 2.05) is 0 Å². The number of carbonyl (C=O) groups excluding carboxylic acids is 1. The van der Waals surface area contributed by atoms with Crippen molar-refractivity contribution in [3.8, 4) is 5.75 Å². The van der Waals surface area contributed by atoms with Gasteiger partial charge < -0.3 is 15.8 Å². The molecule has 0 spiro atoms. The van der Waals surface area contributed by atoms with E-state index in [2.05, 4.69) is 24.1 Å². The number of likely N-dealkylation sites (tertiary alicyclic amines) is 1. The molecule has 1 fully saturated rings. The van der Waals surface area contributed by atoms with Crippen LogP contribution in [-0.4, -0.2) is 43.1 Å². The molecule has 2 rings (SSSR count). The molecule has 0 radical (unpaired) electrons. The summed E-state index contributed by atoms with van der Waals surface area (Å²) >= 11 is 6.05. The van der Waals surface area contributed by atoms with E-state index in [1.54, 1.807) is 12.1 Å². The number of amides is 1. The Balaban J connectivity index is 2.13. The van der Waals surface area contributed by atoms with Crippen LogP contribution >= 0.6 is 11.6 Å². The van der Waals surface area contributed by atoms with Crippen LogP contribution in [-0.2, 0) is 0 Å². The van der Waals surface area contributed by atoms with Gasteiger partial charge in [0.25, 0.3) is 5.91 Å². The minimum absolute atomic E-state index is 0.133. The lowest BCUT2D eigenvalue weighted by Gasteiger charge is -2.28. The summed E-state index contributed by atoms with van der Waals surface area (Å²) < 4.78 is 5.27. The van der Waals surface area contributed by atoms with E-state index in [-0.39, 0.29) is 11.9 Å². The van der Waals surface area contributed by atoms with Crippen LogP contribution in [0.4, 0.5) is 5.69 Å². The molecule has 1 amide bonds. The van der Waals surface area contributed by atoms with Crippen LogP contribution in [0, 0.1) is 0 Å². The molecule has 1 aliphatic heterocycles. The van der Waals surface area contributed by atoms with Gasteiger partial charge in [-0.15, -0.1) is 0 Å². The smallest absolute Gasteiger partial charge is 0.255 e. The lowest BCUT2D eigenvalue weighted by atomic mass is 10.1. The van der Waals surface area contributed by atoms with Crippen molar-refractivity contribution < 1.29 is 9.53 Å². The third-order valence-electron chi connectivity index (χ3n) is 4.33. The van der Waals surface area contributed by atoms with Gasteiger partial charge in [0.05, 0.1) is 23.4 Å². The number of methoxy groups -OCH3 is 1. The van der Waals surface area contributed by atoms with E-state index in [0.29, 0.717) is 28.1 Å². The van der Waals surface area contributed by atoms with Crippen LogP contribution in [0.5, 0.6) is 5.75 Å². The monoisotopic (exact) mass is 339 g/mol. The zero-order valence-corrected chi connectivity index (χ0v) is 14.8. The summed E-state index contributed by atoms with van der Waals surface area (Å²) in [5.41, 5.74) is 6.60. The number of anilines is 1. The maximum atomic E-state index is 12.6. The molecule has 1 aromatic rings. The van der Waals surface area contributed by atoms with E-state index in [1.165, 1.54) is 13.5 Å². The zero-order chi connectivity index (χ0) is 17.0. The second-order valence-electron chi connectivity index (χ2n) is 6.33. The molecule has 23 heavy (non-hydrogen) atoms. The van der Waals surface area contributed by atoms with Crippen molar-refractivity contribution in [2.75, 3.05) is 25.9 Å². The Morgan fingerprint density at radius 2 is 2.17 bits per heavy atom. The highest BCUT2D eigenvalue weighted by Gasteiger charge is 2.23. The predicted octanol–water partition coefficient (Wildman–Crippen LogP) is 2.92. The molecule has 0 aliphatic carbocycles. The highest BCUT2D eigenvalue weighted by atomic mass is 35.5. The predicted molar refractivity (Wildman–Crippen MR) is 94.2 cm³/mol. The number of benzene rings is 1. The van der Waals surface area contributed by atoms with Crippen molar-refractivity contribution in [3.05, 3.63) is 22.7 Å². The molecule has 1 atom stereocenters. The number of rotatable bonds is 4. The lowest BCUT2D eigenvalue weighted by molar-refractivity contribution is 0.0918. The lowest BCUT2D eigenvalue weighted by Crippen LogP contribution is -2.44. The van der Waals surface area contributed by atoms with E-state index < -0.39 is 0 Å².